The summed E-state index contributed by atoms with van der Waals surface area (Å²) in [6.07, 6.45) is 0. The van der Waals surface area contributed by atoms with Crippen LogP contribution in [-0.4, -0.2) is 15.9 Å². The molecule has 0 atom stereocenters. The Morgan fingerprint density at radius 2 is 1.76 bits per heavy atom. The highest BCUT2D eigenvalue weighted by Gasteiger charge is 2.19. The van der Waals surface area contributed by atoms with Gasteiger partial charge in [-0.15, -0.1) is 0 Å². The largest absolute Gasteiger partial charge is 0.320 e. The second-order valence-corrected chi connectivity index (χ2v) is 6.19. The molecule has 110 valence electrons. The lowest BCUT2D eigenvalue weighted by Crippen LogP contribution is -2.20. The van der Waals surface area contributed by atoms with E-state index in [9.17, 15) is 4.79 Å². The van der Waals surface area contributed by atoms with E-state index in [0.717, 1.165) is 16.9 Å². The molecular formula is C17H21N3O. The monoisotopic (exact) mass is 283 g/mol. The van der Waals surface area contributed by atoms with Gasteiger partial charge in [0.05, 0.1) is 0 Å². The van der Waals surface area contributed by atoms with Gasteiger partial charge in [0, 0.05) is 11.4 Å². The molecule has 1 N–H and O–H groups in total. The van der Waals surface area contributed by atoms with Gasteiger partial charge in [-0.1, -0.05) is 39.0 Å². The Balaban J connectivity index is 2.32. The van der Waals surface area contributed by atoms with E-state index in [1.807, 2.05) is 31.2 Å². The summed E-state index contributed by atoms with van der Waals surface area (Å²) in [5.74, 6) is 0.393. The van der Waals surface area contributed by atoms with E-state index in [1.165, 1.54) is 0 Å². The van der Waals surface area contributed by atoms with Crippen LogP contribution in [0.2, 0.25) is 0 Å². The van der Waals surface area contributed by atoms with E-state index in [2.05, 4.69) is 36.1 Å². The maximum atomic E-state index is 12.4. The molecule has 0 aliphatic carbocycles. The summed E-state index contributed by atoms with van der Waals surface area (Å²) in [6, 6.07) is 9.55. The fraction of sp³-hybridized carbons (Fsp3) is 0.353. The van der Waals surface area contributed by atoms with Crippen LogP contribution >= 0.6 is 0 Å². The number of aromatic nitrogens is 2. The third-order valence-corrected chi connectivity index (χ3v) is 3.18. The molecule has 1 aromatic carbocycles. The number of hydrogen-bond acceptors (Lipinski definition) is 3. The number of aryl methyl sites for hydroxylation is 2. The quantitative estimate of drug-likeness (QED) is 0.915. The van der Waals surface area contributed by atoms with Crippen LogP contribution in [0.5, 0.6) is 0 Å². The van der Waals surface area contributed by atoms with E-state index in [-0.39, 0.29) is 11.3 Å². The smallest absolute Gasteiger partial charge is 0.274 e. The number of para-hydroxylation sites is 1. The van der Waals surface area contributed by atoms with Crippen molar-refractivity contribution in [2.24, 2.45) is 0 Å². The first-order valence-corrected chi connectivity index (χ1v) is 7.00. The SMILES string of the molecule is Cc1cc(C(=O)Nc2ccccc2C(C)(C)C)nc(C)n1. The third kappa shape index (κ3) is 3.66. The molecule has 0 unspecified atom stereocenters. The van der Waals surface area contributed by atoms with E-state index < -0.39 is 0 Å². The topological polar surface area (TPSA) is 54.9 Å². The Kier molecular flexibility index (Phi) is 4.07. The highest BCUT2D eigenvalue weighted by molar-refractivity contribution is 6.03. The number of carbonyl (C=O) groups excluding carboxylic acids is 1. The lowest BCUT2D eigenvalue weighted by molar-refractivity contribution is 0.102. The van der Waals surface area contributed by atoms with Crippen molar-refractivity contribution in [2.75, 3.05) is 5.32 Å². The number of nitrogens with one attached hydrogen (secondary N) is 1. The van der Waals surface area contributed by atoms with Crippen LogP contribution in [0.15, 0.2) is 30.3 Å². The lowest BCUT2D eigenvalue weighted by atomic mass is 9.86. The van der Waals surface area contributed by atoms with Crippen molar-refractivity contribution in [1.29, 1.82) is 0 Å². The van der Waals surface area contributed by atoms with Crippen molar-refractivity contribution in [3.8, 4) is 0 Å². The van der Waals surface area contributed by atoms with Gasteiger partial charge in [-0.05, 0) is 37.0 Å². The van der Waals surface area contributed by atoms with E-state index >= 15 is 0 Å². The standard InChI is InChI=1S/C17H21N3O/c1-11-10-15(19-12(2)18-11)16(21)20-14-9-7-6-8-13(14)17(3,4)5/h6-10H,1-5H3,(H,20,21). The predicted octanol–water partition coefficient (Wildman–Crippen LogP) is 3.64. The molecule has 21 heavy (non-hydrogen) atoms. The Labute approximate surface area is 125 Å². The fourth-order valence-electron chi connectivity index (χ4n) is 2.27. The number of rotatable bonds is 2. The minimum Gasteiger partial charge on any atom is -0.320 e. The summed E-state index contributed by atoms with van der Waals surface area (Å²) in [7, 11) is 0. The van der Waals surface area contributed by atoms with Gasteiger partial charge in [0.1, 0.15) is 11.5 Å². The molecule has 0 radical (unpaired) electrons. The number of hydrogen-bond donors (Lipinski definition) is 1. The Hall–Kier alpha value is -2.23. The number of anilines is 1. The molecule has 0 aliphatic heterocycles. The number of nitrogens with zero attached hydrogens (tertiary/aromatic N) is 2. The molecule has 4 heteroatoms. The predicted molar refractivity (Wildman–Crippen MR) is 84.6 cm³/mol. The van der Waals surface area contributed by atoms with Crippen LogP contribution < -0.4 is 5.32 Å². The average Bonchev–Trinajstić information content (AvgIpc) is 2.37. The second kappa shape index (κ2) is 5.64. The van der Waals surface area contributed by atoms with Crippen molar-refractivity contribution in [3.63, 3.8) is 0 Å². The zero-order valence-electron chi connectivity index (χ0n) is 13.2. The van der Waals surface area contributed by atoms with Crippen LogP contribution in [0.3, 0.4) is 0 Å². The molecule has 1 amide bonds. The van der Waals surface area contributed by atoms with Crippen molar-refractivity contribution >= 4 is 11.6 Å². The van der Waals surface area contributed by atoms with Crippen molar-refractivity contribution < 1.29 is 4.79 Å². The first kappa shape index (κ1) is 15.2. The third-order valence-electron chi connectivity index (χ3n) is 3.18. The Morgan fingerprint density at radius 1 is 1.10 bits per heavy atom. The molecule has 2 aromatic rings. The van der Waals surface area contributed by atoms with Crippen LogP contribution in [0.25, 0.3) is 0 Å². The fourth-order valence-corrected chi connectivity index (χ4v) is 2.27. The maximum absolute atomic E-state index is 12.4. The summed E-state index contributed by atoms with van der Waals surface area (Å²) in [5, 5.41) is 2.96. The molecular weight excluding hydrogens is 262 g/mol. The molecule has 0 fully saturated rings. The molecule has 1 aromatic heterocycles. The van der Waals surface area contributed by atoms with Gasteiger partial charge in [-0.2, -0.15) is 0 Å². The highest BCUT2D eigenvalue weighted by atomic mass is 16.1. The summed E-state index contributed by atoms with van der Waals surface area (Å²) >= 11 is 0. The van der Waals surface area contributed by atoms with E-state index in [1.54, 1.807) is 13.0 Å². The summed E-state index contributed by atoms with van der Waals surface area (Å²) in [6.45, 7) is 10.0. The molecule has 2 rings (SSSR count). The minimum atomic E-state index is -0.208. The Morgan fingerprint density at radius 3 is 2.38 bits per heavy atom. The van der Waals surface area contributed by atoms with Crippen molar-refractivity contribution in [1.82, 2.24) is 9.97 Å². The molecule has 0 saturated heterocycles. The van der Waals surface area contributed by atoms with Gasteiger partial charge in [0.2, 0.25) is 0 Å². The van der Waals surface area contributed by atoms with Gasteiger partial charge in [-0.25, -0.2) is 9.97 Å². The summed E-state index contributed by atoms with van der Waals surface area (Å²) in [5.41, 5.74) is 3.06. The van der Waals surface area contributed by atoms with Crippen LogP contribution in [0, 0.1) is 13.8 Å². The first-order valence-electron chi connectivity index (χ1n) is 7.00. The molecule has 0 aliphatic rings. The van der Waals surface area contributed by atoms with E-state index in [4.69, 9.17) is 0 Å². The molecule has 0 saturated carbocycles. The molecule has 1 heterocycles. The zero-order valence-corrected chi connectivity index (χ0v) is 13.2. The minimum absolute atomic E-state index is 0.0403. The maximum Gasteiger partial charge on any atom is 0.274 e. The normalized spacial score (nSPS) is 11.3. The zero-order chi connectivity index (χ0) is 15.6. The molecule has 0 spiro atoms. The lowest BCUT2D eigenvalue weighted by Gasteiger charge is -2.22. The Bertz CT molecular complexity index is 652. The summed E-state index contributed by atoms with van der Waals surface area (Å²) < 4.78 is 0. The van der Waals surface area contributed by atoms with Crippen LogP contribution in [0.4, 0.5) is 5.69 Å². The van der Waals surface area contributed by atoms with Crippen molar-refractivity contribution in [3.05, 3.63) is 53.1 Å². The van der Waals surface area contributed by atoms with E-state index in [0.29, 0.717) is 11.5 Å². The van der Waals surface area contributed by atoms with Gasteiger partial charge in [-0.3, -0.25) is 4.79 Å². The molecule has 0 bridgehead atoms. The van der Waals surface area contributed by atoms with Crippen LogP contribution in [0.1, 0.15) is 48.3 Å². The summed E-state index contributed by atoms with van der Waals surface area (Å²) in [4.78, 5) is 20.8. The van der Waals surface area contributed by atoms with Gasteiger partial charge < -0.3 is 5.32 Å². The highest BCUT2D eigenvalue weighted by Crippen LogP contribution is 2.29. The molecule has 4 nitrogen and oxygen atoms in total. The van der Waals surface area contributed by atoms with Gasteiger partial charge >= 0.3 is 0 Å². The average molecular weight is 283 g/mol. The van der Waals surface area contributed by atoms with Crippen LogP contribution in [-0.2, 0) is 5.41 Å². The first-order chi connectivity index (χ1) is 9.77. The van der Waals surface area contributed by atoms with Gasteiger partial charge in [0.15, 0.2) is 0 Å². The van der Waals surface area contributed by atoms with Crippen molar-refractivity contribution in [2.45, 2.75) is 40.0 Å². The number of benzene rings is 1. The number of carbonyl (C=O) groups is 1. The van der Waals surface area contributed by atoms with Gasteiger partial charge in [0.25, 0.3) is 5.91 Å². The second-order valence-electron chi connectivity index (χ2n) is 6.19. The number of amides is 1.